The van der Waals surface area contributed by atoms with Gasteiger partial charge in [0, 0.05) is 24.7 Å². The van der Waals surface area contributed by atoms with Gasteiger partial charge in [-0.25, -0.2) is 13.1 Å². The summed E-state index contributed by atoms with van der Waals surface area (Å²) in [7, 11) is -2.20. The third kappa shape index (κ3) is 5.25. The average molecular weight is 421 g/mol. The van der Waals surface area contributed by atoms with Gasteiger partial charge in [-0.05, 0) is 47.0 Å². The molecule has 1 aromatic carbocycles. The highest BCUT2D eigenvalue weighted by atomic mass is 79.9. The summed E-state index contributed by atoms with van der Waals surface area (Å²) in [5.74, 6) is -0.327. The topological polar surface area (TPSA) is 93.7 Å². The first-order valence-electron chi connectivity index (χ1n) is 7.61. The highest BCUT2D eigenvalue weighted by molar-refractivity contribution is 9.10. The van der Waals surface area contributed by atoms with Gasteiger partial charge >= 0.3 is 0 Å². The Labute approximate surface area is 150 Å². The molecule has 1 aromatic rings. The van der Waals surface area contributed by atoms with Gasteiger partial charge in [0.15, 0.2) is 0 Å². The number of methoxy groups -OCH3 is 1. The van der Waals surface area contributed by atoms with Crippen molar-refractivity contribution >= 4 is 31.9 Å². The predicted molar refractivity (Wildman–Crippen MR) is 92.5 cm³/mol. The monoisotopic (exact) mass is 420 g/mol. The van der Waals surface area contributed by atoms with Crippen LogP contribution in [0.5, 0.6) is 0 Å². The van der Waals surface area contributed by atoms with Crippen LogP contribution in [0, 0.1) is 0 Å². The fourth-order valence-corrected chi connectivity index (χ4v) is 3.79. The van der Waals surface area contributed by atoms with E-state index >= 15 is 0 Å². The van der Waals surface area contributed by atoms with Gasteiger partial charge in [-0.15, -0.1) is 0 Å². The maximum absolute atomic E-state index is 12.4. The highest BCUT2D eigenvalue weighted by Crippen LogP contribution is 2.21. The average Bonchev–Trinajstić information content (AvgIpc) is 2.56. The zero-order valence-electron chi connectivity index (χ0n) is 13.4. The van der Waals surface area contributed by atoms with E-state index in [1.165, 1.54) is 19.2 Å². The highest BCUT2D eigenvalue weighted by Gasteiger charge is 2.21. The van der Waals surface area contributed by atoms with Gasteiger partial charge in [0.25, 0.3) is 5.91 Å². The summed E-state index contributed by atoms with van der Waals surface area (Å²) in [6.45, 7) is 1.61. The molecule has 0 aromatic heterocycles. The Balaban J connectivity index is 2.13. The molecule has 1 aliphatic heterocycles. The molecular formula is C15H21BrN2O5S. The molecule has 0 radical (unpaired) electrons. The smallest absolute Gasteiger partial charge is 0.252 e. The molecule has 1 heterocycles. The molecule has 2 rings (SSSR count). The Morgan fingerprint density at radius 1 is 1.46 bits per heavy atom. The van der Waals surface area contributed by atoms with E-state index < -0.39 is 10.0 Å². The second-order valence-corrected chi connectivity index (χ2v) is 8.04. The van der Waals surface area contributed by atoms with E-state index in [0.29, 0.717) is 17.7 Å². The summed E-state index contributed by atoms with van der Waals surface area (Å²) in [6.07, 6.45) is 1.74. The minimum atomic E-state index is -3.69. The molecule has 7 nitrogen and oxygen atoms in total. The second-order valence-electron chi connectivity index (χ2n) is 5.42. The molecule has 1 atom stereocenters. The minimum absolute atomic E-state index is 0.0341. The molecule has 9 heteroatoms. The molecule has 1 aliphatic rings. The van der Waals surface area contributed by atoms with Crippen molar-refractivity contribution in [2.75, 3.05) is 33.5 Å². The summed E-state index contributed by atoms with van der Waals surface area (Å²) in [4.78, 5) is 12.5. The molecule has 1 saturated heterocycles. The molecule has 0 spiro atoms. The molecule has 0 saturated carbocycles. The van der Waals surface area contributed by atoms with Crippen LogP contribution in [0.4, 0.5) is 0 Å². The van der Waals surface area contributed by atoms with Crippen LogP contribution in [0.25, 0.3) is 0 Å². The summed E-state index contributed by atoms with van der Waals surface area (Å²) < 4.78 is 37.6. The van der Waals surface area contributed by atoms with E-state index in [4.69, 9.17) is 9.47 Å². The molecule has 1 fully saturated rings. The first-order valence-corrected chi connectivity index (χ1v) is 9.88. The number of amides is 1. The first-order chi connectivity index (χ1) is 11.4. The van der Waals surface area contributed by atoms with Crippen molar-refractivity contribution < 1.29 is 22.7 Å². The number of benzene rings is 1. The van der Waals surface area contributed by atoms with Crippen molar-refractivity contribution in [3.63, 3.8) is 0 Å². The van der Waals surface area contributed by atoms with Crippen LogP contribution in [-0.2, 0) is 19.5 Å². The standard InChI is InChI=1S/C15H21BrN2O5S/c1-22-8-6-17-24(20,21)12-4-5-14(16)13(9-12)15(19)18-11-3-2-7-23-10-11/h4-5,9,11,17H,2-3,6-8,10H2,1H3,(H,18,19). The number of nitrogens with one attached hydrogen (secondary N) is 2. The maximum atomic E-state index is 12.4. The van der Waals surface area contributed by atoms with Crippen LogP contribution >= 0.6 is 15.9 Å². The lowest BCUT2D eigenvalue weighted by Gasteiger charge is -2.23. The molecule has 1 unspecified atom stereocenters. The Kier molecular flexibility index (Phi) is 7.17. The van der Waals surface area contributed by atoms with Crippen LogP contribution in [0.2, 0.25) is 0 Å². The van der Waals surface area contributed by atoms with Crippen molar-refractivity contribution in [3.8, 4) is 0 Å². The largest absolute Gasteiger partial charge is 0.383 e. The quantitative estimate of drug-likeness (QED) is 0.648. The lowest BCUT2D eigenvalue weighted by Crippen LogP contribution is -2.40. The summed E-state index contributed by atoms with van der Waals surface area (Å²) in [6, 6.07) is 4.30. The van der Waals surface area contributed by atoms with Crippen molar-refractivity contribution in [2.45, 2.75) is 23.8 Å². The van der Waals surface area contributed by atoms with E-state index in [0.717, 1.165) is 12.8 Å². The Bertz CT molecular complexity index is 674. The summed E-state index contributed by atoms with van der Waals surface area (Å²) in [5.41, 5.74) is 0.273. The lowest BCUT2D eigenvalue weighted by molar-refractivity contribution is 0.0623. The van der Waals surface area contributed by atoms with Gasteiger partial charge in [-0.1, -0.05) is 0 Å². The number of ether oxygens (including phenoxy) is 2. The molecule has 1 amide bonds. The number of halogens is 1. The molecule has 2 N–H and O–H groups in total. The van der Waals surface area contributed by atoms with Crippen molar-refractivity contribution in [2.24, 2.45) is 0 Å². The van der Waals surface area contributed by atoms with Crippen LogP contribution in [0.1, 0.15) is 23.2 Å². The lowest BCUT2D eigenvalue weighted by atomic mass is 10.1. The van der Waals surface area contributed by atoms with Gasteiger partial charge < -0.3 is 14.8 Å². The second kappa shape index (κ2) is 8.91. The molecule has 24 heavy (non-hydrogen) atoms. The van der Waals surface area contributed by atoms with Gasteiger partial charge in [-0.3, -0.25) is 4.79 Å². The number of sulfonamides is 1. The van der Waals surface area contributed by atoms with Crippen LogP contribution < -0.4 is 10.0 Å². The van der Waals surface area contributed by atoms with Crippen LogP contribution in [0.15, 0.2) is 27.6 Å². The summed E-state index contributed by atoms with van der Waals surface area (Å²) in [5, 5.41) is 2.88. The third-order valence-electron chi connectivity index (χ3n) is 3.59. The SMILES string of the molecule is COCCNS(=O)(=O)c1ccc(Br)c(C(=O)NC2CCCOC2)c1. The fourth-order valence-electron chi connectivity index (χ4n) is 2.32. The maximum Gasteiger partial charge on any atom is 0.252 e. The first kappa shape index (κ1) is 19.3. The van der Waals surface area contributed by atoms with E-state index in [9.17, 15) is 13.2 Å². The van der Waals surface area contributed by atoms with Crippen LogP contribution in [0.3, 0.4) is 0 Å². The number of carbonyl (C=O) groups excluding carboxylic acids is 1. The zero-order chi connectivity index (χ0) is 17.6. The van der Waals surface area contributed by atoms with E-state index in [1.54, 1.807) is 6.07 Å². The Morgan fingerprint density at radius 3 is 2.92 bits per heavy atom. The van der Waals surface area contributed by atoms with Gasteiger partial charge in [-0.2, -0.15) is 0 Å². The van der Waals surface area contributed by atoms with E-state index in [1.807, 2.05) is 0 Å². The van der Waals surface area contributed by atoms with E-state index in [-0.39, 0.29) is 35.6 Å². The van der Waals surface area contributed by atoms with E-state index in [2.05, 4.69) is 26.0 Å². The number of rotatable bonds is 7. The number of hydrogen-bond acceptors (Lipinski definition) is 5. The van der Waals surface area contributed by atoms with Gasteiger partial charge in [0.2, 0.25) is 10.0 Å². The number of hydrogen-bond donors (Lipinski definition) is 2. The molecule has 0 bridgehead atoms. The van der Waals surface area contributed by atoms with Crippen molar-refractivity contribution in [1.29, 1.82) is 0 Å². The normalized spacial score (nSPS) is 18.3. The van der Waals surface area contributed by atoms with Crippen molar-refractivity contribution in [3.05, 3.63) is 28.2 Å². The Hall–Kier alpha value is -1.00. The van der Waals surface area contributed by atoms with Gasteiger partial charge in [0.05, 0.1) is 29.7 Å². The van der Waals surface area contributed by atoms with Gasteiger partial charge in [0.1, 0.15) is 0 Å². The number of carbonyl (C=O) groups is 1. The molecule has 134 valence electrons. The zero-order valence-corrected chi connectivity index (χ0v) is 15.8. The minimum Gasteiger partial charge on any atom is -0.383 e. The van der Waals surface area contributed by atoms with Crippen molar-refractivity contribution in [1.82, 2.24) is 10.0 Å². The molecular weight excluding hydrogens is 400 g/mol. The van der Waals surface area contributed by atoms with Crippen LogP contribution in [-0.4, -0.2) is 53.8 Å². The summed E-state index contributed by atoms with van der Waals surface area (Å²) >= 11 is 3.30. The Morgan fingerprint density at radius 2 is 2.25 bits per heavy atom. The molecule has 0 aliphatic carbocycles. The fraction of sp³-hybridized carbons (Fsp3) is 0.533. The predicted octanol–water partition coefficient (Wildman–Crippen LogP) is 1.28. The third-order valence-corrected chi connectivity index (χ3v) is 5.74.